The van der Waals surface area contributed by atoms with E-state index in [9.17, 15) is 14.3 Å². The van der Waals surface area contributed by atoms with Crippen LogP contribution >= 0.6 is 7.82 Å². The maximum absolute atomic E-state index is 12.1. The van der Waals surface area contributed by atoms with Gasteiger partial charge in [-0.15, -0.1) is 0 Å². The van der Waals surface area contributed by atoms with Gasteiger partial charge in [0.1, 0.15) is 6.10 Å². The van der Waals surface area contributed by atoms with Gasteiger partial charge in [0.2, 0.25) is 0 Å². The zero-order chi connectivity index (χ0) is 27.1. The fraction of sp³-hybridized carbons (Fsp3) is 0.964. The van der Waals surface area contributed by atoms with Gasteiger partial charge in [-0.05, 0) is 25.7 Å². The fourth-order valence-electron chi connectivity index (χ4n) is 4.24. The fourth-order valence-corrected chi connectivity index (χ4v) is 5.03. The van der Waals surface area contributed by atoms with Crippen molar-refractivity contribution in [3.05, 3.63) is 0 Å². The predicted octanol–water partition coefficient (Wildman–Crippen LogP) is 7.80. The number of carbonyl (C=O) groups is 1. The SMILES string of the molecule is CCCCCCCCCCCCCCCCCC(COP(=O)(O)OCCCC[N+](C)(C)C)OC(C)=O. The molecule has 8 heteroatoms. The summed E-state index contributed by atoms with van der Waals surface area (Å²) in [5.41, 5.74) is 0. The summed E-state index contributed by atoms with van der Waals surface area (Å²) in [6.45, 7) is 4.63. The van der Waals surface area contributed by atoms with Crippen molar-refractivity contribution in [2.24, 2.45) is 0 Å². The number of phosphoric acid groups is 1. The first-order valence-electron chi connectivity index (χ1n) is 14.7. The van der Waals surface area contributed by atoms with Crippen molar-refractivity contribution >= 4 is 13.8 Å². The van der Waals surface area contributed by atoms with Crippen LogP contribution in [0.15, 0.2) is 0 Å². The summed E-state index contributed by atoms with van der Waals surface area (Å²) < 4.78 is 28.5. The lowest BCUT2D eigenvalue weighted by atomic mass is 10.0. The molecule has 1 N–H and O–H groups in total. The summed E-state index contributed by atoms with van der Waals surface area (Å²) in [5, 5.41) is 0. The molecule has 0 heterocycles. The van der Waals surface area contributed by atoms with Crippen LogP contribution in [0, 0.1) is 0 Å². The van der Waals surface area contributed by atoms with E-state index in [1.54, 1.807) is 0 Å². The number of hydrogen-bond donors (Lipinski definition) is 1. The molecule has 216 valence electrons. The summed E-state index contributed by atoms with van der Waals surface area (Å²) >= 11 is 0. The van der Waals surface area contributed by atoms with Gasteiger partial charge in [-0.2, -0.15) is 0 Å². The van der Waals surface area contributed by atoms with Crippen LogP contribution in [-0.2, 0) is 23.1 Å². The highest BCUT2D eigenvalue weighted by Crippen LogP contribution is 2.43. The molecule has 0 rings (SSSR count). The third-order valence-corrected chi connectivity index (χ3v) is 7.35. The van der Waals surface area contributed by atoms with Crippen LogP contribution in [0.3, 0.4) is 0 Å². The third kappa shape index (κ3) is 26.6. The van der Waals surface area contributed by atoms with E-state index < -0.39 is 19.9 Å². The van der Waals surface area contributed by atoms with Gasteiger partial charge in [0.15, 0.2) is 0 Å². The quantitative estimate of drug-likeness (QED) is 0.0526. The lowest BCUT2D eigenvalue weighted by molar-refractivity contribution is -0.870. The Bertz CT molecular complexity index is 567. The molecule has 7 nitrogen and oxygen atoms in total. The molecule has 0 fully saturated rings. The lowest BCUT2D eigenvalue weighted by Gasteiger charge is -2.23. The summed E-state index contributed by atoms with van der Waals surface area (Å²) in [6.07, 6.45) is 21.1. The minimum Gasteiger partial charge on any atom is -0.460 e. The van der Waals surface area contributed by atoms with Crippen LogP contribution < -0.4 is 0 Å². The largest absolute Gasteiger partial charge is 0.472 e. The second-order valence-electron chi connectivity index (χ2n) is 11.3. The van der Waals surface area contributed by atoms with Gasteiger partial charge in [0.25, 0.3) is 0 Å². The number of hydrogen-bond acceptors (Lipinski definition) is 5. The topological polar surface area (TPSA) is 82.1 Å². The average Bonchev–Trinajstić information content (AvgIpc) is 2.78. The van der Waals surface area contributed by atoms with E-state index in [2.05, 4.69) is 28.1 Å². The molecule has 0 amide bonds. The van der Waals surface area contributed by atoms with Gasteiger partial charge in [-0.1, -0.05) is 96.8 Å². The molecule has 0 saturated heterocycles. The van der Waals surface area contributed by atoms with Crippen molar-refractivity contribution in [3.8, 4) is 0 Å². The number of carbonyl (C=O) groups excluding carboxylic acids is 1. The maximum atomic E-state index is 12.1. The standard InChI is InChI=1S/C28H58NO6P/c1-6-7-8-9-10-11-12-13-14-15-16-17-18-19-20-23-28(35-27(2)30)26-34-36(31,32)33-25-22-21-24-29(3,4)5/h28H,6-26H2,1-5H3/p+1. The summed E-state index contributed by atoms with van der Waals surface area (Å²) in [4.78, 5) is 21.3. The first kappa shape index (κ1) is 35.5. The van der Waals surface area contributed by atoms with Crippen molar-refractivity contribution in [2.75, 3.05) is 40.9 Å². The molecule has 0 saturated carbocycles. The molecule has 2 atom stereocenters. The van der Waals surface area contributed by atoms with E-state index in [0.717, 1.165) is 30.3 Å². The van der Waals surface area contributed by atoms with Crippen LogP contribution in [-0.4, -0.2) is 62.4 Å². The summed E-state index contributed by atoms with van der Waals surface area (Å²) in [6, 6.07) is 0. The second kappa shape index (κ2) is 22.5. The van der Waals surface area contributed by atoms with Gasteiger partial charge in [-0.3, -0.25) is 13.8 Å². The van der Waals surface area contributed by atoms with E-state index >= 15 is 0 Å². The second-order valence-corrected chi connectivity index (χ2v) is 12.7. The molecule has 0 radical (unpaired) electrons. The Hall–Kier alpha value is -0.460. The van der Waals surface area contributed by atoms with Gasteiger partial charge in [0.05, 0.1) is 40.9 Å². The molecular weight excluding hydrogens is 477 g/mol. The van der Waals surface area contributed by atoms with E-state index in [1.165, 1.54) is 90.4 Å². The molecule has 0 aromatic heterocycles. The molecule has 0 aliphatic heterocycles. The Morgan fingerprint density at radius 2 is 1.22 bits per heavy atom. The minimum atomic E-state index is -4.14. The normalized spacial score (nSPS) is 14.5. The molecule has 0 spiro atoms. The Kier molecular flexibility index (Phi) is 22.2. The third-order valence-electron chi connectivity index (χ3n) is 6.36. The Labute approximate surface area is 222 Å². The van der Waals surface area contributed by atoms with Gasteiger partial charge in [-0.25, -0.2) is 4.57 Å². The first-order chi connectivity index (χ1) is 17.1. The van der Waals surface area contributed by atoms with Gasteiger partial charge >= 0.3 is 13.8 Å². The Morgan fingerprint density at radius 3 is 1.67 bits per heavy atom. The van der Waals surface area contributed by atoms with E-state index in [4.69, 9.17) is 13.8 Å². The zero-order valence-electron chi connectivity index (χ0n) is 24.3. The Morgan fingerprint density at radius 1 is 0.750 bits per heavy atom. The van der Waals surface area contributed by atoms with Gasteiger partial charge < -0.3 is 14.1 Å². The number of unbranched alkanes of at least 4 members (excludes halogenated alkanes) is 15. The molecule has 2 unspecified atom stereocenters. The molecule has 36 heavy (non-hydrogen) atoms. The highest BCUT2D eigenvalue weighted by Gasteiger charge is 2.24. The molecular formula is C28H59NO6P+. The molecule has 0 aromatic rings. The molecule has 0 aliphatic rings. The van der Waals surface area contributed by atoms with Gasteiger partial charge in [0, 0.05) is 6.92 Å². The van der Waals surface area contributed by atoms with Crippen LogP contribution in [0.5, 0.6) is 0 Å². The number of ether oxygens (including phenoxy) is 1. The lowest BCUT2D eigenvalue weighted by Crippen LogP contribution is -2.35. The number of nitrogens with zero attached hydrogens (tertiary/aromatic N) is 1. The predicted molar refractivity (Wildman–Crippen MR) is 149 cm³/mol. The number of esters is 1. The summed E-state index contributed by atoms with van der Waals surface area (Å²) in [7, 11) is 2.18. The number of rotatable bonds is 26. The molecule has 0 bridgehead atoms. The molecule has 0 aliphatic carbocycles. The zero-order valence-corrected chi connectivity index (χ0v) is 25.2. The van der Waals surface area contributed by atoms with Crippen LogP contribution in [0.4, 0.5) is 0 Å². The van der Waals surface area contributed by atoms with Crippen molar-refractivity contribution < 1.29 is 32.5 Å². The molecule has 0 aromatic carbocycles. The Balaban J connectivity index is 3.83. The average molecular weight is 537 g/mol. The van der Waals surface area contributed by atoms with Crippen molar-refractivity contribution in [3.63, 3.8) is 0 Å². The van der Waals surface area contributed by atoms with E-state index in [0.29, 0.717) is 12.8 Å². The van der Waals surface area contributed by atoms with Crippen molar-refractivity contribution in [1.82, 2.24) is 0 Å². The van der Waals surface area contributed by atoms with Crippen LogP contribution in [0.1, 0.15) is 129 Å². The smallest absolute Gasteiger partial charge is 0.460 e. The highest BCUT2D eigenvalue weighted by atomic mass is 31.2. The van der Waals surface area contributed by atoms with E-state index in [-0.39, 0.29) is 13.2 Å². The number of quaternary nitrogens is 1. The number of phosphoric ester groups is 1. The van der Waals surface area contributed by atoms with Crippen molar-refractivity contribution in [1.29, 1.82) is 0 Å². The van der Waals surface area contributed by atoms with E-state index in [1.807, 2.05) is 0 Å². The van der Waals surface area contributed by atoms with Crippen molar-refractivity contribution in [2.45, 2.75) is 136 Å². The monoisotopic (exact) mass is 536 g/mol. The van der Waals surface area contributed by atoms with Crippen LogP contribution in [0.2, 0.25) is 0 Å². The maximum Gasteiger partial charge on any atom is 0.472 e. The minimum absolute atomic E-state index is 0.120. The first-order valence-corrected chi connectivity index (χ1v) is 16.1. The summed E-state index contributed by atoms with van der Waals surface area (Å²) in [5.74, 6) is -0.404. The highest BCUT2D eigenvalue weighted by molar-refractivity contribution is 7.47. The van der Waals surface area contributed by atoms with Crippen LogP contribution in [0.25, 0.3) is 0 Å².